The Labute approximate surface area is 130 Å². The molecule has 2 amide bonds. The maximum absolute atomic E-state index is 12.7. The van der Waals surface area contributed by atoms with Crippen LogP contribution in [0.25, 0.3) is 0 Å². The van der Waals surface area contributed by atoms with Crippen molar-refractivity contribution in [3.8, 4) is 5.75 Å². The number of nitro groups is 1. The Hall–Kier alpha value is -2.74. The molecule has 4 atom stereocenters. The third-order valence-corrected chi connectivity index (χ3v) is 4.53. The molecule has 0 radical (unpaired) electrons. The number of fused-ring (bicyclic) bond motifs is 5. The van der Waals surface area contributed by atoms with Crippen molar-refractivity contribution in [2.75, 3.05) is 12.0 Å². The van der Waals surface area contributed by atoms with Crippen LogP contribution >= 0.6 is 0 Å². The summed E-state index contributed by atoms with van der Waals surface area (Å²) in [5.41, 5.74) is 0.0526. The summed E-state index contributed by atoms with van der Waals surface area (Å²) in [5, 5.41) is 10.9. The topological polar surface area (TPSA) is 99.0 Å². The maximum atomic E-state index is 12.7. The fraction of sp³-hybridized carbons (Fsp3) is 0.333. The lowest BCUT2D eigenvalue weighted by Gasteiger charge is -2.19. The minimum absolute atomic E-state index is 0.113. The molecule has 2 bridgehead atoms. The van der Waals surface area contributed by atoms with Gasteiger partial charge in [-0.15, -0.1) is 0 Å². The van der Waals surface area contributed by atoms with Gasteiger partial charge in [-0.25, -0.2) is 4.90 Å². The molecule has 4 rings (SSSR count). The van der Waals surface area contributed by atoms with Crippen LogP contribution in [0.4, 0.5) is 11.4 Å². The predicted octanol–water partition coefficient (Wildman–Crippen LogP) is 1.05. The molecule has 2 saturated heterocycles. The van der Waals surface area contributed by atoms with Crippen molar-refractivity contribution < 1.29 is 24.0 Å². The number of nitro benzene ring substituents is 1. The first-order chi connectivity index (χ1) is 11.0. The van der Waals surface area contributed by atoms with Gasteiger partial charge in [-0.05, 0) is 6.07 Å². The number of hydrogen-bond acceptors (Lipinski definition) is 6. The molecule has 3 aliphatic heterocycles. The molecule has 8 nitrogen and oxygen atoms in total. The van der Waals surface area contributed by atoms with Gasteiger partial charge in [0.15, 0.2) is 0 Å². The summed E-state index contributed by atoms with van der Waals surface area (Å²) in [5.74, 6) is -1.66. The van der Waals surface area contributed by atoms with E-state index in [9.17, 15) is 19.7 Å². The second kappa shape index (κ2) is 4.63. The number of amides is 2. The molecule has 0 unspecified atom stereocenters. The lowest BCUT2D eigenvalue weighted by molar-refractivity contribution is -0.384. The predicted molar refractivity (Wildman–Crippen MR) is 76.9 cm³/mol. The zero-order valence-corrected chi connectivity index (χ0v) is 12.0. The van der Waals surface area contributed by atoms with Gasteiger partial charge in [0.2, 0.25) is 11.8 Å². The van der Waals surface area contributed by atoms with Crippen molar-refractivity contribution in [1.82, 2.24) is 0 Å². The van der Waals surface area contributed by atoms with Crippen LogP contribution in [0, 0.1) is 22.0 Å². The summed E-state index contributed by atoms with van der Waals surface area (Å²) < 4.78 is 10.7. The Kier molecular flexibility index (Phi) is 2.79. The highest BCUT2D eigenvalue weighted by Crippen LogP contribution is 2.47. The Morgan fingerprint density at radius 1 is 1.17 bits per heavy atom. The van der Waals surface area contributed by atoms with Crippen LogP contribution < -0.4 is 9.64 Å². The minimum atomic E-state index is -0.563. The van der Waals surface area contributed by atoms with Crippen LogP contribution in [0.15, 0.2) is 30.4 Å². The number of carbonyl (C=O) groups excluding carboxylic acids is 2. The van der Waals surface area contributed by atoms with Crippen LogP contribution in [0.2, 0.25) is 0 Å². The molecule has 3 aliphatic rings. The molecule has 0 aromatic heterocycles. The molecular formula is C15H12N2O6. The summed E-state index contributed by atoms with van der Waals surface area (Å²) >= 11 is 0. The third-order valence-electron chi connectivity index (χ3n) is 4.53. The number of benzene rings is 1. The molecule has 0 saturated carbocycles. The van der Waals surface area contributed by atoms with Gasteiger partial charge in [0.1, 0.15) is 5.75 Å². The van der Waals surface area contributed by atoms with Gasteiger partial charge in [-0.1, -0.05) is 12.2 Å². The summed E-state index contributed by atoms with van der Waals surface area (Å²) in [6.45, 7) is 0. The number of rotatable bonds is 3. The highest BCUT2D eigenvalue weighted by atomic mass is 16.6. The van der Waals surface area contributed by atoms with E-state index in [2.05, 4.69) is 0 Å². The van der Waals surface area contributed by atoms with E-state index in [1.807, 2.05) is 0 Å². The monoisotopic (exact) mass is 316 g/mol. The van der Waals surface area contributed by atoms with Gasteiger partial charge in [-0.2, -0.15) is 0 Å². The average Bonchev–Trinajstić information content (AvgIpc) is 3.21. The van der Waals surface area contributed by atoms with Crippen molar-refractivity contribution in [2.24, 2.45) is 11.8 Å². The van der Waals surface area contributed by atoms with Gasteiger partial charge >= 0.3 is 0 Å². The van der Waals surface area contributed by atoms with E-state index in [0.29, 0.717) is 0 Å². The summed E-state index contributed by atoms with van der Waals surface area (Å²) in [6, 6.07) is 3.81. The number of hydrogen-bond donors (Lipinski definition) is 0. The number of nitrogens with zero attached hydrogens (tertiary/aromatic N) is 2. The summed E-state index contributed by atoms with van der Waals surface area (Å²) in [7, 11) is 1.34. The van der Waals surface area contributed by atoms with Crippen LogP contribution in [0.1, 0.15) is 0 Å². The quantitative estimate of drug-likeness (QED) is 0.358. The first-order valence-corrected chi connectivity index (χ1v) is 7.07. The molecule has 118 valence electrons. The largest absolute Gasteiger partial charge is 0.494 e. The van der Waals surface area contributed by atoms with Gasteiger partial charge in [0.25, 0.3) is 5.69 Å². The van der Waals surface area contributed by atoms with Crippen LogP contribution in [0.5, 0.6) is 5.75 Å². The SMILES string of the molecule is COc1cc([N+](=O)[O-])ccc1N1C(=O)[C@@H]2[C@H](C1=O)[C@H]1C=C[C@H]2O1. The molecule has 0 aliphatic carbocycles. The molecule has 2 fully saturated rings. The Balaban J connectivity index is 1.76. The number of methoxy groups -OCH3 is 1. The molecule has 0 N–H and O–H groups in total. The molecule has 0 spiro atoms. The van der Waals surface area contributed by atoms with E-state index < -0.39 is 16.8 Å². The highest BCUT2D eigenvalue weighted by Gasteiger charge is 2.61. The average molecular weight is 316 g/mol. The molecule has 3 heterocycles. The van der Waals surface area contributed by atoms with Crippen LogP contribution in [-0.2, 0) is 14.3 Å². The van der Waals surface area contributed by atoms with Crippen molar-refractivity contribution in [3.63, 3.8) is 0 Å². The van der Waals surface area contributed by atoms with Crippen molar-refractivity contribution in [2.45, 2.75) is 12.2 Å². The van der Waals surface area contributed by atoms with Gasteiger partial charge in [0.05, 0.1) is 47.8 Å². The zero-order chi connectivity index (χ0) is 16.3. The first-order valence-electron chi connectivity index (χ1n) is 7.07. The number of carbonyl (C=O) groups is 2. The normalized spacial score (nSPS) is 30.9. The van der Waals surface area contributed by atoms with Gasteiger partial charge < -0.3 is 9.47 Å². The fourth-order valence-electron chi connectivity index (χ4n) is 3.51. The number of anilines is 1. The molecule has 1 aromatic carbocycles. The second-order valence-electron chi connectivity index (χ2n) is 5.63. The maximum Gasteiger partial charge on any atom is 0.273 e. The highest BCUT2D eigenvalue weighted by molar-refractivity contribution is 6.23. The number of non-ortho nitro benzene ring substituents is 1. The van der Waals surface area contributed by atoms with Crippen molar-refractivity contribution in [3.05, 3.63) is 40.5 Å². The second-order valence-corrected chi connectivity index (χ2v) is 5.63. The molecule has 23 heavy (non-hydrogen) atoms. The lowest BCUT2D eigenvalue weighted by Crippen LogP contribution is -2.34. The first kappa shape index (κ1) is 13.9. The van der Waals surface area contributed by atoms with E-state index in [4.69, 9.17) is 9.47 Å². The smallest absolute Gasteiger partial charge is 0.273 e. The lowest BCUT2D eigenvalue weighted by atomic mass is 9.85. The fourth-order valence-corrected chi connectivity index (χ4v) is 3.51. The van der Waals surface area contributed by atoms with E-state index in [1.54, 1.807) is 12.2 Å². The van der Waals surface area contributed by atoms with Gasteiger partial charge in [-0.3, -0.25) is 19.7 Å². The minimum Gasteiger partial charge on any atom is -0.494 e. The van der Waals surface area contributed by atoms with E-state index in [1.165, 1.54) is 25.3 Å². The van der Waals surface area contributed by atoms with Crippen molar-refractivity contribution in [1.29, 1.82) is 0 Å². The van der Waals surface area contributed by atoms with Crippen LogP contribution in [0.3, 0.4) is 0 Å². The molecule has 1 aromatic rings. The molecule has 8 heteroatoms. The standard InChI is InChI=1S/C15H12N2O6/c1-22-11-6-7(17(20)21)2-3-8(11)16-14(18)12-9-4-5-10(23-9)13(12)15(16)19/h2-6,9-10,12-13H,1H3/t9-,10-,12-,13+/m1/s1. The van der Waals surface area contributed by atoms with E-state index in [-0.39, 0.29) is 41.1 Å². The van der Waals surface area contributed by atoms with Crippen molar-refractivity contribution >= 4 is 23.2 Å². The molecular weight excluding hydrogens is 304 g/mol. The summed E-state index contributed by atoms with van der Waals surface area (Å²) in [4.78, 5) is 36.7. The Morgan fingerprint density at radius 3 is 2.30 bits per heavy atom. The zero-order valence-electron chi connectivity index (χ0n) is 12.0. The number of imide groups is 1. The van der Waals surface area contributed by atoms with E-state index >= 15 is 0 Å². The van der Waals surface area contributed by atoms with Gasteiger partial charge in [0, 0.05) is 6.07 Å². The Bertz CT molecular complexity index is 743. The van der Waals surface area contributed by atoms with Crippen LogP contribution in [-0.4, -0.2) is 36.1 Å². The Morgan fingerprint density at radius 2 is 1.78 bits per heavy atom. The third kappa shape index (κ3) is 1.75. The van der Waals surface area contributed by atoms with E-state index in [0.717, 1.165) is 4.90 Å². The summed E-state index contributed by atoms with van der Waals surface area (Å²) in [6.07, 6.45) is 2.84. The number of ether oxygens (including phenoxy) is 2.